The molecule has 47 heavy (non-hydrogen) atoms. The zero-order valence-corrected chi connectivity index (χ0v) is 31.7. The van der Waals surface area contributed by atoms with Gasteiger partial charge in [-0.1, -0.05) is 41.0 Å². The van der Waals surface area contributed by atoms with Crippen LogP contribution in [0.15, 0.2) is 0 Å². The second-order valence-electron chi connectivity index (χ2n) is 17.2. The molecule has 10 atom stereocenters. The molecule has 0 radical (unpaired) electrons. The third kappa shape index (κ3) is 10.6. The van der Waals surface area contributed by atoms with Crippen molar-refractivity contribution in [2.45, 2.75) is 149 Å². The van der Waals surface area contributed by atoms with Crippen LogP contribution in [-0.2, 0) is 14.6 Å². The van der Waals surface area contributed by atoms with Crippen molar-refractivity contribution in [2.75, 3.05) is 39.3 Å². The first kappa shape index (κ1) is 39.5. The number of fused-ring (bicyclic) bond motifs is 5. The summed E-state index contributed by atoms with van der Waals surface area (Å²) in [5.74, 6) is 4.70. The predicted octanol–water partition coefficient (Wildman–Crippen LogP) is 6.95. The second kappa shape index (κ2) is 18.3. The van der Waals surface area contributed by atoms with E-state index in [1.165, 1.54) is 83.5 Å². The largest absolute Gasteiger partial charge is 0.397 e. The lowest BCUT2D eigenvalue weighted by Crippen LogP contribution is -2.51. The van der Waals surface area contributed by atoms with Gasteiger partial charge in [-0.05, 0) is 188 Å². The predicted molar refractivity (Wildman–Crippen MR) is 195 cm³/mol. The molecule has 4 rings (SSSR count). The number of hydrogen-bond donors (Lipinski definition) is 5. The van der Waals surface area contributed by atoms with Gasteiger partial charge in [0.25, 0.3) is 0 Å². The Morgan fingerprint density at radius 1 is 0.809 bits per heavy atom. The molecule has 4 aliphatic rings. The maximum Gasteiger partial charge on any atom is 0.397 e. The summed E-state index contributed by atoms with van der Waals surface area (Å²) in [5, 5.41) is 11.1. The Bertz CT molecular complexity index is 1030. The normalized spacial score (nSPS) is 35.6. The van der Waals surface area contributed by atoms with Crippen molar-refractivity contribution in [2.24, 2.45) is 58.0 Å². The molecule has 0 aliphatic heterocycles. The summed E-state index contributed by atoms with van der Waals surface area (Å²) in [6.07, 6.45) is 19.7. The van der Waals surface area contributed by atoms with E-state index in [1.807, 2.05) is 13.8 Å². The zero-order valence-electron chi connectivity index (χ0n) is 30.9. The third-order valence-electron chi connectivity index (χ3n) is 14.0. The van der Waals surface area contributed by atoms with Crippen LogP contribution in [0.4, 0.5) is 0 Å². The zero-order chi connectivity index (χ0) is 34.1. The molecule has 4 aliphatic carbocycles. The molecule has 0 heterocycles. The van der Waals surface area contributed by atoms with Crippen LogP contribution in [0.3, 0.4) is 0 Å². The van der Waals surface area contributed by atoms with Gasteiger partial charge >= 0.3 is 10.4 Å². The Labute approximate surface area is 289 Å². The van der Waals surface area contributed by atoms with Crippen LogP contribution in [0, 0.1) is 52.3 Å². The van der Waals surface area contributed by atoms with Crippen molar-refractivity contribution in [3.8, 4) is 0 Å². The maximum absolute atomic E-state index is 11.5. The number of rotatable bonds is 20. The van der Waals surface area contributed by atoms with E-state index in [-0.39, 0.29) is 5.92 Å². The minimum absolute atomic E-state index is 0.0494. The molecule has 0 bridgehead atoms. The average Bonchev–Trinajstić information content (AvgIpc) is 3.30. The monoisotopic (exact) mass is 683 g/mol. The first-order valence-electron chi connectivity index (χ1n) is 19.9. The maximum atomic E-state index is 11.5. The van der Waals surface area contributed by atoms with Gasteiger partial charge in [-0.15, -0.1) is 0 Å². The molecule has 9 unspecified atom stereocenters. The Morgan fingerprint density at radius 3 is 2.15 bits per heavy atom. The smallest absolute Gasteiger partial charge is 0.330 e. The second-order valence-corrected chi connectivity index (χ2v) is 18.3. The van der Waals surface area contributed by atoms with E-state index in [2.05, 4.69) is 36.7 Å². The Kier molecular flexibility index (Phi) is 15.4. The first-order valence-corrected chi connectivity index (χ1v) is 21.3. The first-order chi connectivity index (χ1) is 22.4. The van der Waals surface area contributed by atoms with Crippen molar-refractivity contribution < 1.29 is 17.2 Å². The number of unbranched alkanes of at least 4 members (excludes halogenated alkanes) is 1. The van der Waals surface area contributed by atoms with Gasteiger partial charge in [0.2, 0.25) is 0 Å². The molecule has 0 aromatic heterocycles. The standard InChI is InChI=1S/C38H74N4O4S/c1-28(2)36(46-47(43,44)45)16-13-29(3)33-14-15-34-32-12-8-11-30-27-31(17-19-37(30,4)35(32)18-20-38(33,34)5)42-26-10-25-41-23-7-6-22-40-24-9-21-39/h28-36,40-42H,6-27,39H2,1-5H3,(H,43,44,45)/t29-,30?,31?,32?,33?,34?,35?,36?,37?,38?/m1/s1. The Hall–Kier alpha value is -0.290. The number of nitrogens with one attached hydrogen (secondary N) is 3. The van der Waals surface area contributed by atoms with Gasteiger partial charge in [0.15, 0.2) is 0 Å². The number of nitrogens with two attached hydrogens (primary N) is 1. The van der Waals surface area contributed by atoms with Crippen molar-refractivity contribution in [3.05, 3.63) is 0 Å². The van der Waals surface area contributed by atoms with Crippen LogP contribution in [0.2, 0.25) is 0 Å². The third-order valence-corrected chi connectivity index (χ3v) is 14.5. The molecule has 4 fully saturated rings. The summed E-state index contributed by atoms with van der Waals surface area (Å²) in [6, 6.07) is 0.689. The highest BCUT2D eigenvalue weighted by Crippen LogP contribution is 2.67. The van der Waals surface area contributed by atoms with E-state index in [0.717, 1.165) is 75.8 Å². The topological polar surface area (TPSA) is 126 Å². The van der Waals surface area contributed by atoms with Crippen molar-refractivity contribution in [1.29, 1.82) is 0 Å². The summed E-state index contributed by atoms with van der Waals surface area (Å²) in [5.41, 5.74) is 6.43. The molecule has 0 saturated heterocycles. The minimum atomic E-state index is -4.43. The van der Waals surface area contributed by atoms with Gasteiger partial charge < -0.3 is 21.7 Å². The van der Waals surface area contributed by atoms with Crippen LogP contribution in [0.5, 0.6) is 0 Å². The summed E-state index contributed by atoms with van der Waals surface area (Å²) in [7, 11) is -4.43. The number of hydrogen-bond acceptors (Lipinski definition) is 7. The van der Waals surface area contributed by atoms with Gasteiger partial charge in [-0.2, -0.15) is 8.42 Å². The van der Waals surface area contributed by atoms with Crippen LogP contribution in [0.1, 0.15) is 137 Å². The lowest BCUT2D eigenvalue weighted by Gasteiger charge is -2.57. The van der Waals surface area contributed by atoms with Gasteiger partial charge in [-0.25, -0.2) is 4.18 Å². The summed E-state index contributed by atoms with van der Waals surface area (Å²) in [6.45, 7) is 18.0. The van der Waals surface area contributed by atoms with Crippen molar-refractivity contribution in [3.63, 3.8) is 0 Å². The Balaban J connectivity index is 1.22. The average molecular weight is 683 g/mol. The molecule has 9 heteroatoms. The summed E-state index contributed by atoms with van der Waals surface area (Å²) >= 11 is 0. The van der Waals surface area contributed by atoms with Crippen molar-refractivity contribution in [1.82, 2.24) is 16.0 Å². The lowest BCUT2D eigenvalue weighted by molar-refractivity contribution is -0.0758. The van der Waals surface area contributed by atoms with E-state index in [4.69, 9.17) is 9.92 Å². The molecule has 0 spiro atoms. The summed E-state index contributed by atoms with van der Waals surface area (Å²) in [4.78, 5) is 0. The lowest BCUT2D eigenvalue weighted by atomic mass is 9.48. The highest BCUT2D eigenvalue weighted by molar-refractivity contribution is 7.80. The van der Waals surface area contributed by atoms with Gasteiger partial charge in [-0.3, -0.25) is 4.55 Å². The molecule has 276 valence electrons. The molecular formula is C38H74N4O4S. The molecule has 0 aromatic carbocycles. The molecule has 8 nitrogen and oxygen atoms in total. The van der Waals surface area contributed by atoms with E-state index >= 15 is 0 Å². The minimum Gasteiger partial charge on any atom is -0.330 e. The SMILES string of the molecule is CC(C)C(CC[C@@H](C)C1CCC2C3CCCC4CC(NCCCNCCCCNCCCN)CCC4(C)C3CCC21C)OS(=O)(=O)O. The van der Waals surface area contributed by atoms with Gasteiger partial charge in [0.1, 0.15) is 0 Å². The highest BCUT2D eigenvalue weighted by atomic mass is 32.3. The van der Waals surface area contributed by atoms with E-state index in [9.17, 15) is 13.0 Å². The molecule has 6 N–H and O–H groups in total. The van der Waals surface area contributed by atoms with Gasteiger partial charge in [0.05, 0.1) is 6.10 Å². The van der Waals surface area contributed by atoms with E-state index < -0.39 is 16.5 Å². The molecular weight excluding hydrogens is 609 g/mol. The molecule has 0 amide bonds. The Morgan fingerprint density at radius 2 is 1.47 bits per heavy atom. The fourth-order valence-corrected chi connectivity index (χ4v) is 12.0. The summed E-state index contributed by atoms with van der Waals surface area (Å²) < 4.78 is 37.3. The van der Waals surface area contributed by atoms with Crippen LogP contribution < -0.4 is 21.7 Å². The fraction of sp³-hybridized carbons (Fsp3) is 1.00. The quantitative estimate of drug-likeness (QED) is 0.0690. The van der Waals surface area contributed by atoms with Crippen LogP contribution in [0.25, 0.3) is 0 Å². The molecule has 4 saturated carbocycles. The van der Waals surface area contributed by atoms with E-state index in [0.29, 0.717) is 35.1 Å². The fourth-order valence-electron chi connectivity index (χ4n) is 11.4. The molecule has 0 aromatic rings. The van der Waals surface area contributed by atoms with E-state index in [1.54, 1.807) is 0 Å². The van der Waals surface area contributed by atoms with Crippen LogP contribution >= 0.6 is 0 Å². The van der Waals surface area contributed by atoms with Crippen molar-refractivity contribution >= 4 is 10.4 Å². The van der Waals surface area contributed by atoms with Crippen LogP contribution in [-0.4, -0.2) is 64.4 Å². The van der Waals surface area contributed by atoms with Gasteiger partial charge in [0, 0.05) is 6.04 Å². The highest BCUT2D eigenvalue weighted by Gasteiger charge is 2.59.